The lowest BCUT2D eigenvalue weighted by atomic mass is 10.1. The molecule has 1 unspecified atom stereocenters. The molecule has 0 bridgehead atoms. The third-order valence-electron chi connectivity index (χ3n) is 4.81. The largest absolute Gasteiger partial charge is 0.459 e. The summed E-state index contributed by atoms with van der Waals surface area (Å²) in [7, 11) is -4.27. The number of hydrogen-bond acceptors (Lipinski definition) is 6. The van der Waals surface area contributed by atoms with Crippen LogP contribution in [0.3, 0.4) is 0 Å². The van der Waals surface area contributed by atoms with Crippen molar-refractivity contribution in [1.82, 2.24) is 9.03 Å². The zero-order valence-electron chi connectivity index (χ0n) is 15.8. The minimum Gasteiger partial charge on any atom is -0.459 e. The van der Waals surface area contributed by atoms with E-state index in [4.69, 9.17) is 9.47 Å². The number of amides is 1. The molecule has 1 N–H and O–H groups in total. The number of nitrogens with zero attached hydrogens (tertiary/aromatic N) is 1. The summed E-state index contributed by atoms with van der Waals surface area (Å²) in [6, 6.07) is 9.17. The average Bonchev–Trinajstić information content (AvgIpc) is 2.90. The van der Waals surface area contributed by atoms with Crippen LogP contribution in [-0.4, -0.2) is 49.1 Å². The fourth-order valence-electron chi connectivity index (χ4n) is 3.51. The van der Waals surface area contributed by atoms with E-state index in [1.54, 1.807) is 27.7 Å². The van der Waals surface area contributed by atoms with E-state index < -0.39 is 39.3 Å². The summed E-state index contributed by atoms with van der Waals surface area (Å²) in [6.07, 6.45) is -0.952. The van der Waals surface area contributed by atoms with Crippen molar-refractivity contribution in [3.63, 3.8) is 0 Å². The van der Waals surface area contributed by atoms with Gasteiger partial charge in [-0.05, 0) is 32.3 Å². The van der Waals surface area contributed by atoms with Crippen molar-refractivity contribution in [1.29, 1.82) is 0 Å². The van der Waals surface area contributed by atoms with E-state index in [9.17, 15) is 18.0 Å². The summed E-state index contributed by atoms with van der Waals surface area (Å²) in [5.41, 5.74) is -1.44. The number of nitrogens with one attached hydrogen (secondary N) is 1. The maximum atomic E-state index is 13.0. The Morgan fingerprint density at radius 1 is 1.30 bits per heavy atom. The first-order valence-electron chi connectivity index (χ1n) is 8.76. The van der Waals surface area contributed by atoms with Crippen molar-refractivity contribution in [3.8, 4) is 0 Å². The number of cyclic esters (lactones) is 1. The molecule has 0 spiro atoms. The Balaban J connectivity index is 1.97. The fourth-order valence-corrected chi connectivity index (χ4v) is 5.01. The van der Waals surface area contributed by atoms with Crippen LogP contribution in [0.15, 0.2) is 30.3 Å². The molecular weight excluding hydrogens is 372 g/mol. The van der Waals surface area contributed by atoms with Gasteiger partial charge in [-0.15, -0.1) is 0 Å². The van der Waals surface area contributed by atoms with Crippen molar-refractivity contribution in [2.45, 2.75) is 44.8 Å². The normalized spacial score (nSPS) is 28.0. The molecule has 0 aromatic heterocycles. The molecule has 1 saturated carbocycles. The van der Waals surface area contributed by atoms with Crippen LogP contribution in [0.2, 0.25) is 0 Å². The lowest BCUT2D eigenvalue weighted by molar-refractivity contribution is -0.158. The highest BCUT2D eigenvalue weighted by Crippen LogP contribution is 2.58. The molecule has 27 heavy (non-hydrogen) atoms. The molecule has 1 amide bonds. The molecule has 2 fully saturated rings. The first kappa shape index (κ1) is 19.6. The molecular formula is C18H24N2O6S. The highest BCUT2D eigenvalue weighted by Gasteiger charge is 2.71. The van der Waals surface area contributed by atoms with Gasteiger partial charge < -0.3 is 9.47 Å². The maximum absolute atomic E-state index is 13.0. The van der Waals surface area contributed by atoms with E-state index in [1.807, 2.05) is 30.3 Å². The quantitative estimate of drug-likeness (QED) is 0.762. The summed E-state index contributed by atoms with van der Waals surface area (Å²) in [5, 5.41) is 0. The standard InChI is InChI=1S/C18H24N2O6S/c1-12-14(13-8-6-5-7-9-13)18(12,15(21)26-17(2,3)4)19-27(23,24)20-10-11-25-16(20)22/h5-9,12,14,19H,10-11H2,1-4H3/t12-,14?,18-/m0/s1. The molecule has 2 aliphatic rings. The Morgan fingerprint density at radius 2 is 1.93 bits per heavy atom. The zero-order valence-corrected chi connectivity index (χ0v) is 16.6. The van der Waals surface area contributed by atoms with E-state index in [2.05, 4.69) is 4.72 Å². The Morgan fingerprint density at radius 3 is 2.44 bits per heavy atom. The monoisotopic (exact) mass is 396 g/mol. The van der Waals surface area contributed by atoms with Crippen LogP contribution < -0.4 is 4.72 Å². The van der Waals surface area contributed by atoms with Gasteiger partial charge in [0, 0.05) is 5.92 Å². The van der Waals surface area contributed by atoms with E-state index in [-0.39, 0.29) is 19.1 Å². The topological polar surface area (TPSA) is 102 Å². The lowest BCUT2D eigenvalue weighted by Gasteiger charge is -2.27. The summed E-state index contributed by atoms with van der Waals surface area (Å²) in [5.74, 6) is -1.41. The summed E-state index contributed by atoms with van der Waals surface area (Å²) >= 11 is 0. The minimum absolute atomic E-state index is 0.0170. The van der Waals surface area contributed by atoms with Crippen LogP contribution in [0.5, 0.6) is 0 Å². The van der Waals surface area contributed by atoms with Gasteiger partial charge in [0.1, 0.15) is 17.7 Å². The van der Waals surface area contributed by atoms with Crippen LogP contribution in [0, 0.1) is 5.92 Å². The Hall–Kier alpha value is -2.13. The highest BCUT2D eigenvalue weighted by atomic mass is 32.2. The number of ether oxygens (including phenoxy) is 2. The first-order chi connectivity index (χ1) is 12.5. The van der Waals surface area contributed by atoms with E-state index >= 15 is 0 Å². The first-order valence-corrected chi connectivity index (χ1v) is 10.2. The SMILES string of the molecule is C[C@H]1C(c2ccccc2)[C@]1(NS(=O)(=O)N1CCOC1=O)C(=O)OC(C)(C)C. The van der Waals surface area contributed by atoms with Crippen molar-refractivity contribution >= 4 is 22.3 Å². The molecule has 9 heteroatoms. The second-order valence-corrected chi connectivity index (χ2v) is 9.44. The molecule has 8 nitrogen and oxygen atoms in total. The molecule has 1 aromatic rings. The van der Waals surface area contributed by atoms with Gasteiger partial charge in [0.2, 0.25) is 0 Å². The average molecular weight is 396 g/mol. The highest BCUT2D eigenvalue weighted by molar-refractivity contribution is 7.87. The Kier molecular flexibility index (Phi) is 4.72. The minimum atomic E-state index is -4.27. The van der Waals surface area contributed by atoms with Crippen molar-refractivity contribution in [3.05, 3.63) is 35.9 Å². The van der Waals surface area contributed by atoms with E-state index in [0.29, 0.717) is 4.31 Å². The van der Waals surface area contributed by atoms with Crippen molar-refractivity contribution < 1.29 is 27.5 Å². The summed E-state index contributed by atoms with van der Waals surface area (Å²) < 4.78 is 38.9. The predicted octanol–water partition coefficient (Wildman–Crippen LogP) is 1.79. The number of carbonyl (C=O) groups is 2. The summed E-state index contributed by atoms with van der Waals surface area (Å²) in [4.78, 5) is 24.8. The zero-order chi connectivity index (χ0) is 20.0. The van der Waals surface area contributed by atoms with E-state index in [0.717, 1.165) is 5.56 Å². The van der Waals surface area contributed by atoms with Crippen molar-refractivity contribution in [2.24, 2.45) is 5.92 Å². The number of benzene rings is 1. The van der Waals surface area contributed by atoms with Crippen LogP contribution in [0.25, 0.3) is 0 Å². The van der Waals surface area contributed by atoms with Gasteiger partial charge in [0.15, 0.2) is 0 Å². The Bertz CT molecular complexity index is 848. The van der Waals surface area contributed by atoms with Gasteiger partial charge in [0.05, 0.1) is 6.54 Å². The van der Waals surface area contributed by atoms with Crippen LogP contribution >= 0.6 is 0 Å². The van der Waals surface area contributed by atoms with Gasteiger partial charge in [-0.2, -0.15) is 17.4 Å². The number of hydrogen-bond donors (Lipinski definition) is 1. The van der Waals surface area contributed by atoms with Gasteiger partial charge in [-0.1, -0.05) is 37.3 Å². The molecule has 0 radical (unpaired) electrons. The molecule has 1 aromatic carbocycles. The van der Waals surface area contributed by atoms with Gasteiger partial charge in [-0.3, -0.25) is 0 Å². The smallest absolute Gasteiger partial charge is 0.424 e. The molecule has 1 saturated heterocycles. The summed E-state index contributed by atoms with van der Waals surface area (Å²) in [6.45, 7) is 6.83. The van der Waals surface area contributed by atoms with Crippen LogP contribution in [0.1, 0.15) is 39.2 Å². The third-order valence-corrected chi connectivity index (χ3v) is 6.31. The van der Waals surface area contributed by atoms with Gasteiger partial charge in [-0.25, -0.2) is 9.59 Å². The number of esters is 1. The third kappa shape index (κ3) is 3.53. The van der Waals surface area contributed by atoms with Gasteiger partial charge in [0.25, 0.3) is 0 Å². The molecule has 1 aliphatic heterocycles. The van der Waals surface area contributed by atoms with E-state index in [1.165, 1.54) is 0 Å². The second kappa shape index (κ2) is 6.49. The molecule has 3 rings (SSSR count). The number of carbonyl (C=O) groups excluding carboxylic acids is 2. The van der Waals surface area contributed by atoms with Crippen LogP contribution in [-0.2, 0) is 24.5 Å². The maximum Gasteiger partial charge on any atom is 0.424 e. The molecule has 1 aliphatic carbocycles. The lowest BCUT2D eigenvalue weighted by Crippen LogP contribution is -2.53. The van der Waals surface area contributed by atoms with Crippen molar-refractivity contribution in [2.75, 3.05) is 13.2 Å². The fraction of sp³-hybridized carbons (Fsp3) is 0.556. The van der Waals surface area contributed by atoms with Crippen LogP contribution in [0.4, 0.5) is 4.79 Å². The molecule has 3 atom stereocenters. The molecule has 1 heterocycles. The Labute approximate surface area is 159 Å². The second-order valence-electron chi connectivity index (χ2n) is 7.84. The van der Waals surface area contributed by atoms with Gasteiger partial charge >= 0.3 is 22.3 Å². The number of rotatable bonds is 5. The molecule has 148 valence electrons. The predicted molar refractivity (Wildman–Crippen MR) is 97.0 cm³/mol.